The van der Waals surface area contributed by atoms with Crippen LogP contribution in [0.4, 0.5) is 5.69 Å². The van der Waals surface area contributed by atoms with Crippen molar-refractivity contribution < 1.29 is 4.79 Å². The Balaban J connectivity index is 1.99. The molecule has 2 N–H and O–H groups in total. The lowest BCUT2D eigenvalue weighted by molar-refractivity contribution is -0.116. The first-order chi connectivity index (χ1) is 14.3. The van der Waals surface area contributed by atoms with Gasteiger partial charge in [-0.1, -0.05) is 52.5 Å². The van der Waals surface area contributed by atoms with Crippen LogP contribution in [0.15, 0.2) is 59.1 Å². The van der Waals surface area contributed by atoms with Crippen molar-refractivity contribution in [3.63, 3.8) is 0 Å². The summed E-state index contributed by atoms with van der Waals surface area (Å²) in [6.45, 7) is 0. The first-order valence-corrected chi connectivity index (χ1v) is 10.7. The lowest BCUT2D eigenvalue weighted by Crippen LogP contribution is -2.38. The highest BCUT2D eigenvalue weighted by molar-refractivity contribution is 6.42. The molecular formula is C22H15Cl4N3O. The van der Waals surface area contributed by atoms with Gasteiger partial charge in [-0.05, 0) is 48.7 Å². The number of allylic oxidation sites excluding steroid dienone is 3. The standard InChI is InChI=1S/C22H15Cl4N3O/c23-11-4-6-13(16(25)8-11)20-14(10-27)22(28)29(12-5-7-15(24)17(26)9-12)18-2-1-3-19(30)21(18)20/h4-9,20H,1-3,28H2/t20-/m0/s1. The van der Waals surface area contributed by atoms with Gasteiger partial charge >= 0.3 is 0 Å². The van der Waals surface area contributed by atoms with Crippen molar-refractivity contribution in [1.82, 2.24) is 0 Å². The van der Waals surface area contributed by atoms with Crippen LogP contribution in [0.3, 0.4) is 0 Å². The van der Waals surface area contributed by atoms with Crippen LogP contribution < -0.4 is 10.6 Å². The van der Waals surface area contributed by atoms with Gasteiger partial charge in [0.25, 0.3) is 0 Å². The number of benzene rings is 2. The highest BCUT2D eigenvalue weighted by Crippen LogP contribution is 2.48. The first kappa shape index (κ1) is 21.1. The second-order valence-corrected chi connectivity index (χ2v) is 8.74. The fourth-order valence-electron chi connectivity index (χ4n) is 4.05. The van der Waals surface area contributed by atoms with Gasteiger partial charge in [0.1, 0.15) is 5.82 Å². The molecule has 2 aromatic carbocycles. The van der Waals surface area contributed by atoms with Crippen LogP contribution in [0.2, 0.25) is 20.1 Å². The van der Waals surface area contributed by atoms with E-state index in [9.17, 15) is 10.1 Å². The molecule has 152 valence electrons. The van der Waals surface area contributed by atoms with Gasteiger partial charge in [-0.3, -0.25) is 9.69 Å². The molecule has 8 heteroatoms. The lowest BCUT2D eigenvalue weighted by Gasteiger charge is -2.40. The van der Waals surface area contributed by atoms with Gasteiger partial charge < -0.3 is 5.73 Å². The molecule has 0 bridgehead atoms. The topological polar surface area (TPSA) is 70.1 Å². The minimum absolute atomic E-state index is 0.0300. The fourth-order valence-corrected chi connectivity index (χ4v) is 4.86. The number of nitriles is 1. The molecule has 0 fully saturated rings. The molecule has 2 aliphatic rings. The number of anilines is 1. The Morgan fingerprint density at radius 3 is 2.43 bits per heavy atom. The molecule has 0 spiro atoms. The number of carbonyl (C=O) groups is 1. The number of halogens is 4. The monoisotopic (exact) mass is 477 g/mol. The Labute approximate surface area is 194 Å². The summed E-state index contributed by atoms with van der Waals surface area (Å²) >= 11 is 24.8. The Bertz CT molecular complexity index is 1180. The zero-order valence-corrected chi connectivity index (χ0v) is 18.6. The summed E-state index contributed by atoms with van der Waals surface area (Å²) in [5, 5.41) is 11.6. The van der Waals surface area contributed by atoms with Gasteiger partial charge in [-0.15, -0.1) is 0 Å². The third-order valence-electron chi connectivity index (χ3n) is 5.35. The zero-order chi connectivity index (χ0) is 21.6. The van der Waals surface area contributed by atoms with Gasteiger partial charge in [-0.25, -0.2) is 0 Å². The third-order valence-corrected chi connectivity index (χ3v) is 6.65. The molecule has 1 atom stereocenters. The van der Waals surface area contributed by atoms with Gasteiger partial charge in [0.05, 0.1) is 27.6 Å². The summed E-state index contributed by atoms with van der Waals surface area (Å²) in [5.41, 5.74) is 9.29. The van der Waals surface area contributed by atoms with Gasteiger partial charge in [0.15, 0.2) is 5.78 Å². The predicted octanol–water partition coefficient (Wildman–Crippen LogP) is 6.60. The van der Waals surface area contributed by atoms with E-state index in [1.807, 2.05) is 0 Å². The number of nitrogens with zero attached hydrogens (tertiary/aromatic N) is 2. The highest BCUT2D eigenvalue weighted by Gasteiger charge is 2.41. The second kappa shape index (κ2) is 8.17. The second-order valence-electron chi connectivity index (χ2n) is 7.08. The maximum absolute atomic E-state index is 13.1. The molecule has 1 aliphatic carbocycles. The van der Waals surface area contributed by atoms with E-state index >= 15 is 0 Å². The fraction of sp³-hybridized carbons (Fsp3) is 0.182. The molecule has 1 aliphatic heterocycles. The van der Waals surface area contributed by atoms with Crippen LogP contribution in [0.25, 0.3) is 0 Å². The van der Waals surface area contributed by atoms with Crippen LogP contribution in [0.5, 0.6) is 0 Å². The summed E-state index contributed by atoms with van der Waals surface area (Å²) in [7, 11) is 0. The zero-order valence-electron chi connectivity index (χ0n) is 15.6. The van der Waals surface area contributed by atoms with Crippen LogP contribution in [0.1, 0.15) is 30.7 Å². The number of nitrogens with two attached hydrogens (primary N) is 1. The molecule has 0 saturated carbocycles. The molecule has 4 rings (SSSR count). The Morgan fingerprint density at radius 2 is 1.77 bits per heavy atom. The molecule has 30 heavy (non-hydrogen) atoms. The summed E-state index contributed by atoms with van der Waals surface area (Å²) in [6.07, 6.45) is 1.71. The number of Topliss-reactive ketones (excluding diaryl/α,β-unsaturated/α-hetero) is 1. The van der Waals surface area contributed by atoms with E-state index in [0.29, 0.717) is 56.2 Å². The Morgan fingerprint density at radius 1 is 1.00 bits per heavy atom. The van der Waals surface area contributed by atoms with E-state index in [1.165, 1.54) is 0 Å². The third kappa shape index (κ3) is 3.46. The van der Waals surface area contributed by atoms with Crippen molar-refractivity contribution in [1.29, 1.82) is 5.26 Å². The predicted molar refractivity (Wildman–Crippen MR) is 121 cm³/mol. The number of hydrogen-bond acceptors (Lipinski definition) is 4. The molecule has 0 unspecified atom stereocenters. The van der Waals surface area contributed by atoms with Crippen LogP contribution in [-0.4, -0.2) is 5.78 Å². The molecule has 0 amide bonds. The molecule has 4 nitrogen and oxygen atoms in total. The smallest absolute Gasteiger partial charge is 0.161 e. The van der Waals surface area contributed by atoms with Gasteiger partial charge in [0.2, 0.25) is 0 Å². The van der Waals surface area contributed by atoms with E-state index in [-0.39, 0.29) is 17.2 Å². The van der Waals surface area contributed by atoms with Crippen LogP contribution >= 0.6 is 46.4 Å². The minimum atomic E-state index is -0.651. The van der Waals surface area contributed by atoms with Gasteiger partial charge in [-0.2, -0.15) is 5.26 Å². The molecule has 0 aromatic heterocycles. The quantitative estimate of drug-likeness (QED) is 0.527. The van der Waals surface area contributed by atoms with Crippen molar-refractivity contribution in [3.05, 3.63) is 84.7 Å². The van der Waals surface area contributed by atoms with Crippen molar-refractivity contribution in [2.75, 3.05) is 4.90 Å². The number of ketones is 1. The summed E-state index contributed by atoms with van der Waals surface area (Å²) in [6, 6.07) is 12.3. The van der Waals surface area contributed by atoms with E-state index in [0.717, 1.165) is 5.70 Å². The Hall–Kier alpha value is -2.16. The number of carbonyl (C=O) groups excluding carboxylic acids is 1. The van der Waals surface area contributed by atoms with E-state index < -0.39 is 5.92 Å². The molecule has 0 radical (unpaired) electrons. The maximum atomic E-state index is 13.1. The molecule has 1 heterocycles. The maximum Gasteiger partial charge on any atom is 0.161 e. The first-order valence-electron chi connectivity index (χ1n) is 9.19. The summed E-state index contributed by atoms with van der Waals surface area (Å²) in [5.74, 6) is -0.445. The van der Waals surface area contributed by atoms with Crippen molar-refractivity contribution in [3.8, 4) is 6.07 Å². The summed E-state index contributed by atoms with van der Waals surface area (Å²) < 4.78 is 0. The van der Waals surface area contributed by atoms with E-state index in [4.69, 9.17) is 52.1 Å². The van der Waals surface area contributed by atoms with Crippen LogP contribution in [0, 0.1) is 11.3 Å². The minimum Gasteiger partial charge on any atom is -0.384 e. The average Bonchev–Trinajstić information content (AvgIpc) is 2.70. The summed E-state index contributed by atoms with van der Waals surface area (Å²) in [4.78, 5) is 14.8. The van der Waals surface area contributed by atoms with Gasteiger partial charge in [0, 0.05) is 33.4 Å². The average molecular weight is 479 g/mol. The molecular weight excluding hydrogens is 464 g/mol. The van der Waals surface area contributed by atoms with Crippen molar-refractivity contribution in [2.24, 2.45) is 5.73 Å². The SMILES string of the molecule is N#CC1=C(N)N(c2ccc(Cl)c(Cl)c2)C2=C(C(=O)CCC2)[C@H]1c1ccc(Cl)cc1Cl. The largest absolute Gasteiger partial charge is 0.384 e. The molecule has 0 saturated heterocycles. The number of rotatable bonds is 2. The van der Waals surface area contributed by atoms with E-state index in [1.54, 1.807) is 41.3 Å². The molecule has 2 aromatic rings. The van der Waals surface area contributed by atoms with Crippen molar-refractivity contribution >= 4 is 57.9 Å². The Kier molecular flexibility index (Phi) is 5.74. The lowest BCUT2D eigenvalue weighted by atomic mass is 9.75. The van der Waals surface area contributed by atoms with Crippen LogP contribution in [-0.2, 0) is 4.79 Å². The normalized spacial score (nSPS) is 19.1. The van der Waals surface area contributed by atoms with E-state index in [2.05, 4.69) is 6.07 Å². The highest BCUT2D eigenvalue weighted by atomic mass is 35.5. The number of hydrogen-bond donors (Lipinski definition) is 1. The van der Waals surface area contributed by atoms with Crippen molar-refractivity contribution in [2.45, 2.75) is 25.2 Å².